The summed E-state index contributed by atoms with van der Waals surface area (Å²) < 4.78 is 40.2. The molecule has 11 heteroatoms. The molecule has 0 bridgehead atoms. The number of carbonyl (C=O) groups is 1. The summed E-state index contributed by atoms with van der Waals surface area (Å²) in [5.74, 6) is -1.08. The van der Waals surface area contributed by atoms with E-state index in [9.17, 15) is 18.0 Å². The Morgan fingerprint density at radius 2 is 2.03 bits per heavy atom. The standard InChI is InChI=1S/C19H12BF3N6O/c1-11(16-17(26-3-2-25-16)29-10-12(7-24)9-28-29)8-27-18(30)13-4-14(19(21,22)23)6-15(20)5-13/h2-6,8-11H,1H3. The van der Waals surface area contributed by atoms with Gasteiger partial charge in [0.25, 0.3) is 5.91 Å². The first-order valence-electron chi connectivity index (χ1n) is 8.51. The second-order valence-electron chi connectivity index (χ2n) is 6.26. The van der Waals surface area contributed by atoms with E-state index in [1.54, 1.807) is 6.92 Å². The normalized spacial score (nSPS) is 12.6. The van der Waals surface area contributed by atoms with Crippen molar-refractivity contribution < 1.29 is 18.0 Å². The van der Waals surface area contributed by atoms with Gasteiger partial charge < -0.3 is 0 Å². The van der Waals surface area contributed by atoms with Crippen molar-refractivity contribution in [2.45, 2.75) is 19.0 Å². The van der Waals surface area contributed by atoms with E-state index in [-0.39, 0.29) is 11.0 Å². The Balaban J connectivity index is 1.87. The topological polar surface area (TPSA) is 96.8 Å². The Morgan fingerprint density at radius 1 is 1.30 bits per heavy atom. The molecule has 2 radical (unpaired) electrons. The number of carbonyl (C=O) groups excluding carboxylic acids is 1. The third-order valence-corrected chi connectivity index (χ3v) is 4.01. The van der Waals surface area contributed by atoms with Crippen molar-refractivity contribution in [2.75, 3.05) is 0 Å². The van der Waals surface area contributed by atoms with Gasteiger partial charge in [-0.3, -0.25) is 9.78 Å². The van der Waals surface area contributed by atoms with E-state index in [4.69, 9.17) is 13.1 Å². The molecule has 3 aromatic rings. The molecule has 2 aromatic heterocycles. The van der Waals surface area contributed by atoms with Crippen molar-refractivity contribution in [3.05, 3.63) is 65.4 Å². The van der Waals surface area contributed by atoms with E-state index in [0.29, 0.717) is 23.1 Å². The Hall–Kier alpha value is -3.81. The van der Waals surface area contributed by atoms with Crippen LogP contribution in [0, 0.1) is 11.3 Å². The number of hydrogen-bond donors (Lipinski definition) is 0. The molecule has 0 aliphatic rings. The van der Waals surface area contributed by atoms with Gasteiger partial charge in [-0.15, -0.1) is 0 Å². The maximum absolute atomic E-state index is 12.9. The third-order valence-electron chi connectivity index (χ3n) is 4.01. The Bertz CT molecular complexity index is 1170. The van der Waals surface area contributed by atoms with E-state index in [0.717, 1.165) is 12.1 Å². The fourth-order valence-corrected chi connectivity index (χ4v) is 2.60. The van der Waals surface area contributed by atoms with Crippen LogP contribution in [0.3, 0.4) is 0 Å². The highest BCUT2D eigenvalue weighted by Crippen LogP contribution is 2.29. The monoisotopic (exact) mass is 408 g/mol. The second kappa shape index (κ2) is 8.28. The first-order chi connectivity index (χ1) is 14.2. The predicted molar refractivity (Wildman–Crippen MR) is 102 cm³/mol. The summed E-state index contributed by atoms with van der Waals surface area (Å²) in [5, 5.41) is 13.0. The molecule has 0 aliphatic heterocycles. The SMILES string of the molecule is [B]c1cc(C(=O)N=CC(C)c2nccnc2-n2cc(C#N)cn2)cc(C(F)(F)F)c1. The number of nitriles is 1. The lowest BCUT2D eigenvalue weighted by Gasteiger charge is -2.11. The third kappa shape index (κ3) is 4.60. The summed E-state index contributed by atoms with van der Waals surface area (Å²) in [6, 6.07) is 4.52. The minimum absolute atomic E-state index is 0.195. The highest BCUT2D eigenvalue weighted by atomic mass is 19.4. The zero-order valence-corrected chi connectivity index (χ0v) is 15.5. The van der Waals surface area contributed by atoms with Crippen molar-refractivity contribution >= 4 is 25.4 Å². The number of nitrogens with zero attached hydrogens (tertiary/aromatic N) is 6. The van der Waals surface area contributed by atoms with Crippen molar-refractivity contribution in [1.82, 2.24) is 19.7 Å². The van der Waals surface area contributed by atoms with Gasteiger partial charge in [0.2, 0.25) is 0 Å². The summed E-state index contributed by atoms with van der Waals surface area (Å²) in [6.07, 6.45) is 2.32. The van der Waals surface area contributed by atoms with Crippen LogP contribution >= 0.6 is 0 Å². The van der Waals surface area contributed by atoms with Gasteiger partial charge in [0.15, 0.2) is 5.82 Å². The van der Waals surface area contributed by atoms with Crippen molar-refractivity contribution in [1.29, 1.82) is 5.26 Å². The van der Waals surface area contributed by atoms with E-state index in [1.807, 2.05) is 6.07 Å². The summed E-state index contributed by atoms with van der Waals surface area (Å²) in [5.41, 5.74) is -0.775. The van der Waals surface area contributed by atoms with Crippen LogP contribution in [-0.4, -0.2) is 39.7 Å². The minimum atomic E-state index is -4.64. The van der Waals surface area contributed by atoms with Gasteiger partial charge in [0.1, 0.15) is 13.9 Å². The number of alkyl halides is 3. The summed E-state index contributed by atoms with van der Waals surface area (Å²) in [6.45, 7) is 1.68. The average Bonchev–Trinajstić information content (AvgIpc) is 3.20. The summed E-state index contributed by atoms with van der Waals surface area (Å²) in [4.78, 5) is 24.5. The number of aromatic nitrogens is 4. The molecule has 30 heavy (non-hydrogen) atoms. The van der Waals surface area contributed by atoms with E-state index < -0.39 is 23.6 Å². The number of amides is 1. The molecule has 0 N–H and O–H groups in total. The number of benzene rings is 1. The molecule has 3 rings (SSSR count). The van der Waals surface area contributed by atoms with Gasteiger partial charge in [-0.25, -0.2) is 14.7 Å². The van der Waals surface area contributed by atoms with Crippen LogP contribution in [0.15, 0.2) is 48.0 Å². The first-order valence-corrected chi connectivity index (χ1v) is 8.51. The average molecular weight is 408 g/mol. The van der Waals surface area contributed by atoms with Gasteiger partial charge in [0, 0.05) is 30.1 Å². The maximum atomic E-state index is 12.9. The molecule has 148 valence electrons. The van der Waals surface area contributed by atoms with Crippen LogP contribution in [0.2, 0.25) is 0 Å². The molecule has 0 fully saturated rings. The number of halogens is 3. The van der Waals surface area contributed by atoms with Crippen molar-refractivity contribution in [2.24, 2.45) is 4.99 Å². The highest BCUT2D eigenvalue weighted by Gasteiger charge is 2.31. The molecular weight excluding hydrogens is 396 g/mol. The maximum Gasteiger partial charge on any atom is 0.416 e. The fourth-order valence-electron chi connectivity index (χ4n) is 2.60. The molecule has 7 nitrogen and oxygen atoms in total. The van der Waals surface area contributed by atoms with Crippen LogP contribution < -0.4 is 5.46 Å². The molecule has 1 unspecified atom stereocenters. The van der Waals surface area contributed by atoms with Gasteiger partial charge in [-0.2, -0.15) is 23.5 Å². The van der Waals surface area contributed by atoms with E-state index >= 15 is 0 Å². The largest absolute Gasteiger partial charge is 0.416 e. The fraction of sp³-hybridized carbons (Fsp3) is 0.158. The van der Waals surface area contributed by atoms with Crippen LogP contribution in [0.5, 0.6) is 0 Å². The quantitative estimate of drug-likeness (QED) is 0.488. The molecule has 1 atom stereocenters. The summed E-state index contributed by atoms with van der Waals surface area (Å²) in [7, 11) is 5.48. The van der Waals surface area contributed by atoms with Crippen LogP contribution in [0.25, 0.3) is 5.82 Å². The zero-order valence-electron chi connectivity index (χ0n) is 15.5. The lowest BCUT2D eigenvalue weighted by molar-refractivity contribution is -0.137. The molecule has 1 aromatic carbocycles. The molecule has 2 heterocycles. The van der Waals surface area contributed by atoms with Gasteiger partial charge >= 0.3 is 6.18 Å². The Morgan fingerprint density at radius 3 is 2.70 bits per heavy atom. The highest BCUT2D eigenvalue weighted by molar-refractivity contribution is 6.32. The molecule has 0 aliphatic carbocycles. The molecule has 0 spiro atoms. The number of hydrogen-bond acceptors (Lipinski definition) is 5. The smallest absolute Gasteiger partial charge is 0.267 e. The van der Waals surface area contributed by atoms with E-state index in [1.165, 1.54) is 35.7 Å². The lowest BCUT2D eigenvalue weighted by Crippen LogP contribution is -2.14. The first kappa shape index (κ1) is 20.9. The Kier molecular flexibility index (Phi) is 5.78. The number of aliphatic imine (C=N–C) groups is 1. The van der Waals surface area contributed by atoms with E-state index in [2.05, 4.69) is 20.1 Å². The van der Waals surface area contributed by atoms with Gasteiger partial charge in [0.05, 0.1) is 29.2 Å². The van der Waals surface area contributed by atoms with Crippen LogP contribution in [-0.2, 0) is 6.18 Å². The lowest BCUT2D eigenvalue weighted by atomic mass is 9.91. The molecule has 0 saturated carbocycles. The second-order valence-corrected chi connectivity index (χ2v) is 6.26. The minimum Gasteiger partial charge on any atom is -0.267 e. The van der Waals surface area contributed by atoms with Crippen LogP contribution in [0.4, 0.5) is 13.2 Å². The van der Waals surface area contributed by atoms with Gasteiger partial charge in [-0.05, 0) is 6.07 Å². The molecule has 1 amide bonds. The summed E-state index contributed by atoms with van der Waals surface area (Å²) >= 11 is 0. The molecule has 0 saturated heterocycles. The molecular formula is C19H12BF3N6O. The Labute approximate surface area is 170 Å². The van der Waals surface area contributed by atoms with Crippen LogP contribution in [0.1, 0.15) is 40.0 Å². The van der Waals surface area contributed by atoms with Crippen molar-refractivity contribution in [3.63, 3.8) is 0 Å². The number of rotatable bonds is 4. The van der Waals surface area contributed by atoms with Crippen molar-refractivity contribution in [3.8, 4) is 11.9 Å². The zero-order chi connectivity index (χ0) is 21.9. The predicted octanol–water partition coefficient (Wildman–Crippen LogP) is 2.36. The van der Waals surface area contributed by atoms with Gasteiger partial charge in [-0.1, -0.05) is 24.5 Å².